The maximum absolute atomic E-state index is 14.2. The van der Waals surface area contributed by atoms with Crippen molar-refractivity contribution in [3.63, 3.8) is 0 Å². The van der Waals surface area contributed by atoms with E-state index in [1.807, 2.05) is 60.0 Å². The van der Waals surface area contributed by atoms with E-state index in [2.05, 4.69) is 11.2 Å². The van der Waals surface area contributed by atoms with Gasteiger partial charge in [-0.1, -0.05) is 42.5 Å². The highest BCUT2D eigenvalue weighted by atomic mass is 32.2. The number of aromatic nitrogens is 1. The first-order chi connectivity index (χ1) is 18.5. The van der Waals surface area contributed by atoms with E-state index in [1.54, 1.807) is 35.3 Å². The van der Waals surface area contributed by atoms with Gasteiger partial charge in [-0.15, -0.1) is 16.2 Å². The van der Waals surface area contributed by atoms with Gasteiger partial charge in [0.05, 0.1) is 23.2 Å². The third kappa shape index (κ3) is 4.67. The number of methoxy groups -OCH3 is 1. The molecular formula is C29H21N3O4S2. The number of amides is 1. The number of para-hydroxylation sites is 1. The number of carbonyl (C=O) groups excluding carboxylic acids is 1. The zero-order valence-corrected chi connectivity index (χ0v) is 21.9. The summed E-state index contributed by atoms with van der Waals surface area (Å²) >= 11 is 1.36. The highest BCUT2D eigenvalue weighted by Gasteiger charge is 2.25. The standard InChI is InChI=1S/C29H21N3O4S2/c1-36-21-11-13-22(14-12-21)38(35)32-25-5-3-2-4-23(25)28(24-16-17-37-26(24)18-30)29(32)20-9-6-19(7-10-20)8-15-27(33)31-34/h2-7,9-14,16-17H,8,15H2,1H3. The molecule has 3 aromatic carbocycles. The van der Waals surface area contributed by atoms with Gasteiger partial charge in [-0.3, -0.25) is 8.77 Å². The Morgan fingerprint density at radius 2 is 1.79 bits per heavy atom. The third-order valence-electron chi connectivity index (χ3n) is 6.25. The molecule has 0 saturated carbocycles. The van der Waals surface area contributed by atoms with Gasteiger partial charge in [0.2, 0.25) is 0 Å². The first kappa shape index (κ1) is 25.3. The fraction of sp³-hybridized carbons (Fsp3) is 0.103. The lowest BCUT2D eigenvalue weighted by Gasteiger charge is -2.13. The van der Waals surface area contributed by atoms with E-state index in [4.69, 9.17) is 4.74 Å². The SMILES string of the molecule is COc1ccc(S(=O)n2c(-c3ccc(CCC(=O)N=O)cc3)c(-c3ccsc3C#N)c3ccccc32)cc1. The number of benzene rings is 3. The van der Waals surface area contributed by atoms with Gasteiger partial charge in [-0.25, -0.2) is 4.21 Å². The van der Waals surface area contributed by atoms with Crippen molar-refractivity contribution in [2.75, 3.05) is 7.11 Å². The van der Waals surface area contributed by atoms with Crippen LogP contribution in [0.3, 0.4) is 0 Å². The van der Waals surface area contributed by atoms with Crippen LogP contribution in [-0.4, -0.2) is 21.2 Å². The van der Waals surface area contributed by atoms with Crippen molar-refractivity contribution in [1.82, 2.24) is 3.97 Å². The van der Waals surface area contributed by atoms with E-state index in [0.29, 0.717) is 27.6 Å². The molecule has 0 saturated heterocycles. The summed E-state index contributed by atoms with van der Waals surface area (Å²) in [6.45, 7) is 0. The average molecular weight is 540 g/mol. The normalized spacial score (nSPS) is 11.7. The summed E-state index contributed by atoms with van der Waals surface area (Å²) in [5.74, 6) is -0.0207. The van der Waals surface area contributed by atoms with E-state index < -0.39 is 16.9 Å². The Morgan fingerprint density at radius 1 is 1.05 bits per heavy atom. The smallest absolute Gasteiger partial charge is 0.286 e. The Morgan fingerprint density at radius 3 is 2.47 bits per heavy atom. The van der Waals surface area contributed by atoms with Crippen LogP contribution in [0.2, 0.25) is 0 Å². The van der Waals surface area contributed by atoms with Crippen LogP contribution in [0.4, 0.5) is 0 Å². The Kier molecular flexibility index (Phi) is 7.26. The van der Waals surface area contributed by atoms with E-state index >= 15 is 0 Å². The molecule has 0 aliphatic carbocycles. The van der Waals surface area contributed by atoms with Gasteiger partial charge in [0, 0.05) is 28.1 Å². The van der Waals surface area contributed by atoms with Gasteiger partial charge >= 0.3 is 0 Å². The van der Waals surface area contributed by atoms with Crippen LogP contribution < -0.4 is 4.74 Å². The molecule has 0 N–H and O–H groups in total. The van der Waals surface area contributed by atoms with Gasteiger partial charge in [0.25, 0.3) is 5.91 Å². The van der Waals surface area contributed by atoms with Crippen molar-refractivity contribution in [2.45, 2.75) is 17.7 Å². The quantitative estimate of drug-likeness (QED) is 0.204. The van der Waals surface area contributed by atoms with Gasteiger partial charge in [0.15, 0.2) is 11.0 Å². The number of thiophene rings is 1. The minimum absolute atomic E-state index is 0.0380. The second kappa shape index (κ2) is 10.9. The first-order valence-electron chi connectivity index (χ1n) is 11.7. The van der Waals surface area contributed by atoms with E-state index in [-0.39, 0.29) is 6.42 Å². The van der Waals surface area contributed by atoms with E-state index in [1.165, 1.54) is 11.3 Å². The molecule has 2 aromatic heterocycles. The Hall–Kier alpha value is -4.39. The number of nitriles is 1. The number of nitrogens with zero attached hydrogens (tertiary/aromatic N) is 3. The molecule has 7 nitrogen and oxygen atoms in total. The average Bonchev–Trinajstić information content (AvgIpc) is 3.58. The maximum atomic E-state index is 14.2. The van der Waals surface area contributed by atoms with Crippen LogP contribution in [0.5, 0.6) is 5.75 Å². The first-order valence-corrected chi connectivity index (χ1v) is 13.7. The van der Waals surface area contributed by atoms with E-state index in [0.717, 1.165) is 33.2 Å². The molecule has 0 fully saturated rings. The molecule has 5 aromatic rings. The van der Waals surface area contributed by atoms with E-state index in [9.17, 15) is 19.2 Å². The molecule has 9 heteroatoms. The number of hydrogen-bond donors (Lipinski definition) is 0. The van der Waals surface area contributed by atoms with Crippen LogP contribution in [0, 0.1) is 16.2 Å². The van der Waals surface area contributed by atoms with Crippen LogP contribution >= 0.6 is 11.3 Å². The van der Waals surface area contributed by atoms with Crippen molar-refractivity contribution < 1.29 is 13.7 Å². The van der Waals surface area contributed by atoms with Crippen molar-refractivity contribution >= 4 is 39.1 Å². The molecule has 0 aliphatic heterocycles. The van der Waals surface area contributed by atoms with Crippen molar-refractivity contribution in [3.05, 3.63) is 99.6 Å². The molecule has 0 radical (unpaired) electrons. The number of ether oxygens (including phenoxy) is 1. The number of nitroso groups, excluding NO2 is 1. The zero-order chi connectivity index (χ0) is 26.6. The largest absolute Gasteiger partial charge is 0.497 e. The molecule has 1 amide bonds. The molecular weight excluding hydrogens is 518 g/mol. The number of carbonyl (C=O) groups is 1. The molecule has 1 atom stereocenters. The summed E-state index contributed by atoms with van der Waals surface area (Å²) in [5, 5.41) is 15.1. The van der Waals surface area contributed by atoms with Crippen LogP contribution in [0.15, 0.2) is 94.3 Å². The summed E-state index contributed by atoms with van der Waals surface area (Å²) in [6.07, 6.45) is 0.428. The zero-order valence-electron chi connectivity index (χ0n) is 20.3. The summed E-state index contributed by atoms with van der Waals surface area (Å²) in [5.41, 5.74) is 4.77. The summed E-state index contributed by atoms with van der Waals surface area (Å²) in [7, 11) is -0.0376. The predicted molar refractivity (Wildman–Crippen MR) is 149 cm³/mol. The van der Waals surface area contributed by atoms with Crippen LogP contribution in [-0.2, 0) is 22.2 Å². The molecule has 0 bridgehead atoms. The van der Waals surface area contributed by atoms with Crippen molar-refractivity contribution in [1.29, 1.82) is 5.26 Å². The Bertz CT molecular complexity index is 1710. The fourth-order valence-electron chi connectivity index (χ4n) is 4.43. The lowest BCUT2D eigenvalue weighted by Crippen LogP contribution is -2.07. The Balaban J connectivity index is 1.74. The molecule has 0 aliphatic rings. The molecule has 2 heterocycles. The molecule has 188 valence electrons. The second-order valence-electron chi connectivity index (χ2n) is 8.42. The minimum Gasteiger partial charge on any atom is -0.497 e. The van der Waals surface area contributed by atoms with Crippen molar-refractivity contribution in [2.24, 2.45) is 5.18 Å². The van der Waals surface area contributed by atoms with Gasteiger partial charge < -0.3 is 4.74 Å². The van der Waals surface area contributed by atoms with Crippen molar-refractivity contribution in [3.8, 4) is 34.2 Å². The fourth-order valence-corrected chi connectivity index (χ4v) is 6.40. The molecule has 0 spiro atoms. The monoisotopic (exact) mass is 539 g/mol. The number of aryl methyl sites for hydroxylation is 1. The lowest BCUT2D eigenvalue weighted by atomic mass is 9.98. The number of hydrogen-bond acceptors (Lipinski definition) is 6. The predicted octanol–water partition coefficient (Wildman–Crippen LogP) is 6.71. The maximum Gasteiger partial charge on any atom is 0.286 e. The highest BCUT2D eigenvalue weighted by molar-refractivity contribution is 7.83. The van der Waals surface area contributed by atoms with Gasteiger partial charge in [-0.05, 0) is 59.3 Å². The van der Waals surface area contributed by atoms with Gasteiger partial charge in [-0.2, -0.15) is 5.26 Å². The number of rotatable bonds is 8. The highest BCUT2D eigenvalue weighted by Crippen LogP contribution is 2.44. The molecule has 5 rings (SSSR count). The second-order valence-corrected chi connectivity index (χ2v) is 10.7. The summed E-state index contributed by atoms with van der Waals surface area (Å²) in [6, 6.07) is 26.6. The summed E-state index contributed by atoms with van der Waals surface area (Å²) in [4.78, 5) is 23.0. The van der Waals surface area contributed by atoms with Crippen LogP contribution in [0.1, 0.15) is 16.9 Å². The Labute approximate surface area is 225 Å². The number of fused-ring (bicyclic) bond motifs is 1. The van der Waals surface area contributed by atoms with Crippen LogP contribution in [0.25, 0.3) is 33.3 Å². The van der Waals surface area contributed by atoms with Gasteiger partial charge in [0.1, 0.15) is 16.7 Å². The summed E-state index contributed by atoms with van der Waals surface area (Å²) < 4.78 is 21.2. The lowest BCUT2D eigenvalue weighted by molar-refractivity contribution is -0.117. The third-order valence-corrected chi connectivity index (χ3v) is 8.46. The molecule has 1 unspecified atom stereocenters. The minimum atomic E-state index is -1.62. The molecule has 38 heavy (non-hydrogen) atoms. The topological polar surface area (TPSA) is 102 Å².